The van der Waals surface area contributed by atoms with Gasteiger partial charge in [-0.1, -0.05) is 23.7 Å². The molecule has 7 heteroatoms. The number of nitrogens with one attached hydrogen (secondary N) is 1. The molecule has 5 nitrogen and oxygen atoms in total. The van der Waals surface area contributed by atoms with Gasteiger partial charge in [0.05, 0.1) is 37.7 Å². The molecule has 1 amide bonds. The minimum atomic E-state index is -0.282. The van der Waals surface area contributed by atoms with Crippen molar-refractivity contribution < 1.29 is 9.59 Å². The molecule has 2 aromatic heterocycles. The third kappa shape index (κ3) is 3.65. The van der Waals surface area contributed by atoms with Gasteiger partial charge in [-0.05, 0) is 49.4 Å². The highest BCUT2D eigenvalue weighted by atomic mass is 35.5. The zero-order valence-corrected chi connectivity index (χ0v) is 16.3. The maximum atomic E-state index is 12.5. The first-order valence-corrected chi connectivity index (χ1v) is 9.64. The van der Waals surface area contributed by atoms with Crippen LogP contribution in [0.4, 0.5) is 5.69 Å². The highest BCUT2D eigenvalue weighted by Crippen LogP contribution is 2.30. The molecule has 2 aromatic carbocycles. The van der Waals surface area contributed by atoms with Gasteiger partial charge in [-0.3, -0.25) is 14.6 Å². The van der Waals surface area contributed by atoms with E-state index in [1.807, 2.05) is 24.3 Å². The number of para-hydroxylation sites is 2. The summed E-state index contributed by atoms with van der Waals surface area (Å²) in [6.07, 6.45) is 1.66. The van der Waals surface area contributed by atoms with Gasteiger partial charge in [0.15, 0.2) is 5.78 Å². The van der Waals surface area contributed by atoms with E-state index in [0.29, 0.717) is 31.7 Å². The Labute approximate surface area is 170 Å². The van der Waals surface area contributed by atoms with Crippen molar-refractivity contribution in [3.05, 3.63) is 75.6 Å². The lowest BCUT2D eigenvalue weighted by molar-refractivity contribution is 0.101. The van der Waals surface area contributed by atoms with Crippen LogP contribution in [-0.2, 0) is 0 Å². The maximum Gasteiger partial charge on any atom is 0.265 e. The molecule has 4 aromatic rings. The van der Waals surface area contributed by atoms with E-state index in [4.69, 9.17) is 11.6 Å². The van der Waals surface area contributed by atoms with Crippen LogP contribution >= 0.6 is 22.9 Å². The van der Waals surface area contributed by atoms with Crippen LogP contribution in [0.2, 0.25) is 5.02 Å². The zero-order chi connectivity index (χ0) is 19.7. The van der Waals surface area contributed by atoms with E-state index in [1.54, 1.807) is 36.5 Å². The van der Waals surface area contributed by atoms with E-state index in [9.17, 15) is 9.59 Å². The Kier molecular flexibility index (Phi) is 4.90. The molecular formula is C21H14ClN3O2S. The molecule has 28 heavy (non-hydrogen) atoms. The molecule has 1 N–H and O–H groups in total. The van der Waals surface area contributed by atoms with Crippen molar-refractivity contribution in [2.24, 2.45) is 0 Å². The number of Topliss-reactive ketones (excluding diaryl/α,β-unsaturated/α-hetero) is 1. The van der Waals surface area contributed by atoms with Crippen molar-refractivity contribution in [2.45, 2.75) is 6.92 Å². The molecule has 0 saturated heterocycles. The van der Waals surface area contributed by atoms with Gasteiger partial charge < -0.3 is 5.32 Å². The molecule has 4 rings (SSSR count). The van der Waals surface area contributed by atoms with Gasteiger partial charge in [0, 0.05) is 11.3 Å². The summed E-state index contributed by atoms with van der Waals surface area (Å²) in [5.41, 5.74) is 3.44. The lowest BCUT2D eigenvalue weighted by Crippen LogP contribution is -2.10. The fraction of sp³-hybridized carbons (Fsp3) is 0.0476. The quantitative estimate of drug-likeness (QED) is 0.455. The Hall–Kier alpha value is -3.09. The van der Waals surface area contributed by atoms with Crippen LogP contribution in [0.1, 0.15) is 26.3 Å². The highest BCUT2D eigenvalue weighted by Gasteiger charge is 2.13. The summed E-state index contributed by atoms with van der Waals surface area (Å²) in [5.74, 6) is -0.344. The van der Waals surface area contributed by atoms with Gasteiger partial charge in [-0.15, -0.1) is 11.3 Å². The smallest absolute Gasteiger partial charge is 0.265 e. The van der Waals surface area contributed by atoms with E-state index >= 15 is 0 Å². The third-order valence-electron chi connectivity index (χ3n) is 4.13. The highest BCUT2D eigenvalue weighted by molar-refractivity contribution is 7.16. The summed E-state index contributed by atoms with van der Waals surface area (Å²) in [4.78, 5) is 34.0. The van der Waals surface area contributed by atoms with E-state index in [0.717, 1.165) is 22.4 Å². The second-order valence-corrected chi connectivity index (χ2v) is 7.60. The molecule has 0 aliphatic carbocycles. The number of anilines is 1. The fourth-order valence-corrected chi connectivity index (χ4v) is 3.74. The standard InChI is InChI=1S/C21H14ClN3O2S/c1-12(26)19-8-9-20(28-19)21(27)24-13-6-7-15(22)14(10-13)18-11-23-16-4-2-3-5-17(16)25-18/h2-11H,1H3,(H,24,27). The number of benzene rings is 2. The second kappa shape index (κ2) is 7.50. The summed E-state index contributed by atoms with van der Waals surface area (Å²) in [6.45, 7) is 1.48. The maximum absolute atomic E-state index is 12.5. The minimum absolute atomic E-state index is 0.0623. The van der Waals surface area contributed by atoms with Gasteiger partial charge in [0.1, 0.15) is 0 Å². The number of hydrogen-bond donors (Lipinski definition) is 1. The van der Waals surface area contributed by atoms with Crippen LogP contribution in [0.15, 0.2) is 60.8 Å². The topological polar surface area (TPSA) is 72.0 Å². The number of halogens is 1. The molecule has 0 atom stereocenters. The number of aromatic nitrogens is 2. The van der Waals surface area contributed by atoms with E-state index in [1.165, 1.54) is 6.92 Å². The average Bonchev–Trinajstić information content (AvgIpc) is 3.20. The number of carbonyl (C=O) groups excluding carboxylic acids is 2. The number of amides is 1. The lowest BCUT2D eigenvalue weighted by atomic mass is 10.1. The van der Waals surface area contributed by atoms with Crippen molar-refractivity contribution in [3.8, 4) is 11.3 Å². The second-order valence-electron chi connectivity index (χ2n) is 6.11. The van der Waals surface area contributed by atoms with Crippen LogP contribution in [0.3, 0.4) is 0 Å². The van der Waals surface area contributed by atoms with Crippen LogP contribution in [0, 0.1) is 0 Å². The van der Waals surface area contributed by atoms with Gasteiger partial charge in [0.25, 0.3) is 5.91 Å². The van der Waals surface area contributed by atoms with Gasteiger partial charge in [0.2, 0.25) is 0 Å². The molecule has 0 bridgehead atoms. The predicted molar refractivity (Wildman–Crippen MR) is 112 cm³/mol. The summed E-state index contributed by atoms with van der Waals surface area (Å²) in [7, 11) is 0. The summed E-state index contributed by atoms with van der Waals surface area (Å²) >= 11 is 7.52. The monoisotopic (exact) mass is 407 g/mol. The van der Waals surface area contributed by atoms with E-state index in [-0.39, 0.29) is 11.7 Å². The number of hydrogen-bond acceptors (Lipinski definition) is 5. The Morgan fingerprint density at radius 1 is 1.00 bits per heavy atom. The molecule has 0 fully saturated rings. The predicted octanol–water partition coefficient (Wildman–Crippen LogP) is 5.47. The van der Waals surface area contributed by atoms with E-state index in [2.05, 4.69) is 15.3 Å². The Balaban J connectivity index is 1.64. The minimum Gasteiger partial charge on any atom is -0.321 e. The Morgan fingerprint density at radius 2 is 1.75 bits per heavy atom. The van der Waals surface area contributed by atoms with Gasteiger partial charge >= 0.3 is 0 Å². The summed E-state index contributed by atoms with van der Waals surface area (Å²) in [5, 5.41) is 3.35. The van der Waals surface area contributed by atoms with Gasteiger partial charge in [-0.2, -0.15) is 0 Å². The average molecular weight is 408 g/mol. The van der Waals surface area contributed by atoms with Crippen molar-refractivity contribution in [1.29, 1.82) is 0 Å². The number of thiophene rings is 1. The normalized spacial score (nSPS) is 10.8. The summed E-state index contributed by atoms with van der Waals surface area (Å²) in [6, 6.07) is 16.1. The fourth-order valence-electron chi connectivity index (χ4n) is 2.73. The van der Waals surface area contributed by atoms with Crippen molar-refractivity contribution in [2.75, 3.05) is 5.32 Å². The first-order valence-electron chi connectivity index (χ1n) is 8.45. The molecule has 2 heterocycles. The summed E-state index contributed by atoms with van der Waals surface area (Å²) < 4.78 is 0. The molecule has 0 spiro atoms. The molecule has 0 aliphatic rings. The van der Waals surface area contributed by atoms with Crippen molar-refractivity contribution >= 4 is 51.3 Å². The zero-order valence-electron chi connectivity index (χ0n) is 14.8. The molecule has 0 saturated carbocycles. The molecule has 138 valence electrons. The van der Waals surface area contributed by atoms with Crippen molar-refractivity contribution in [1.82, 2.24) is 9.97 Å². The lowest BCUT2D eigenvalue weighted by Gasteiger charge is -2.09. The number of carbonyl (C=O) groups is 2. The van der Waals surface area contributed by atoms with Crippen LogP contribution in [-0.4, -0.2) is 21.7 Å². The molecule has 0 radical (unpaired) electrons. The van der Waals surface area contributed by atoms with Crippen molar-refractivity contribution in [3.63, 3.8) is 0 Å². The first-order chi connectivity index (χ1) is 13.5. The number of rotatable bonds is 4. The first kappa shape index (κ1) is 18.3. The number of nitrogens with zero attached hydrogens (tertiary/aromatic N) is 2. The van der Waals surface area contributed by atoms with Gasteiger partial charge in [-0.25, -0.2) is 4.98 Å². The largest absolute Gasteiger partial charge is 0.321 e. The number of ketones is 1. The van der Waals surface area contributed by atoms with E-state index < -0.39 is 0 Å². The Bertz CT molecular complexity index is 1220. The third-order valence-corrected chi connectivity index (χ3v) is 5.64. The Morgan fingerprint density at radius 3 is 2.50 bits per heavy atom. The van der Waals surface area contributed by atoms with Crippen LogP contribution in [0.25, 0.3) is 22.3 Å². The molecule has 0 unspecified atom stereocenters. The van der Waals surface area contributed by atoms with Crippen LogP contribution in [0.5, 0.6) is 0 Å². The SMILES string of the molecule is CC(=O)c1ccc(C(=O)Nc2ccc(Cl)c(-c3cnc4ccccc4n3)c2)s1. The molecule has 0 aliphatic heterocycles. The number of fused-ring (bicyclic) bond motifs is 1. The molecular weight excluding hydrogens is 394 g/mol. The van der Waals surface area contributed by atoms with Crippen LogP contribution < -0.4 is 5.32 Å².